The molecule has 1 aromatic rings. The van der Waals surface area contributed by atoms with Crippen molar-refractivity contribution in [3.05, 3.63) is 27.7 Å². The Hall–Kier alpha value is -0.540. The largest absolute Gasteiger partial charge is 0.493 e. The standard InChI is InChI=1S/C16H22BrNO/c1-10-4-15(17)7-13(8-18)16(10)19-9-14-6-11-2-3-12(14)5-11/h4,7,11-12,14H,2-3,5-6,8-9,18H2,1H3. The van der Waals surface area contributed by atoms with Crippen molar-refractivity contribution >= 4 is 15.9 Å². The van der Waals surface area contributed by atoms with E-state index in [4.69, 9.17) is 10.5 Å². The number of aryl methyl sites for hydroxylation is 1. The molecular formula is C16H22BrNO. The Labute approximate surface area is 123 Å². The average molecular weight is 324 g/mol. The van der Waals surface area contributed by atoms with Gasteiger partial charge >= 0.3 is 0 Å². The van der Waals surface area contributed by atoms with E-state index in [2.05, 4.69) is 35.0 Å². The van der Waals surface area contributed by atoms with Gasteiger partial charge in [-0.3, -0.25) is 0 Å². The molecule has 104 valence electrons. The number of ether oxygens (including phenoxy) is 1. The van der Waals surface area contributed by atoms with Crippen LogP contribution in [0.2, 0.25) is 0 Å². The number of rotatable bonds is 4. The van der Waals surface area contributed by atoms with Gasteiger partial charge in [-0.05, 0) is 61.6 Å². The minimum Gasteiger partial charge on any atom is -0.493 e. The van der Waals surface area contributed by atoms with Gasteiger partial charge in [-0.15, -0.1) is 0 Å². The molecule has 2 bridgehead atoms. The lowest BCUT2D eigenvalue weighted by molar-refractivity contribution is 0.193. The molecular weight excluding hydrogens is 302 g/mol. The molecule has 1 aromatic carbocycles. The Bertz CT molecular complexity index is 474. The molecule has 19 heavy (non-hydrogen) atoms. The first-order valence-corrected chi connectivity index (χ1v) is 8.08. The Balaban J connectivity index is 1.69. The molecule has 2 aliphatic rings. The van der Waals surface area contributed by atoms with E-state index in [0.29, 0.717) is 6.54 Å². The van der Waals surface area contributed by atoms with Gasteiger partial charge in [-0.1, -0.05) is 22.4 Å². The summed E-state index contributed by atoms with van der Waals surface area (Å²) in [4.78, 5) is 0. The number of hydrogen-bond donors (Lipinski definition) is 1. The van der Waals surface area contributed by atoms with E-state index < -0.39 is 0 Å². The summed E-state index contributed by atoms with van der Waals surface area (Å²) in [7, 11) is 0. The minimum absolute atomic E-state index is 0.534. The van der Waals surface area contributed by atoms with Crippen molar-refractivity contribution in [1.29, 1.82) is 0 Å². The maximum absolute atomic E-state index is 6.15. The third-order valence-corrected chi connectivity index (χ3v) is 5.32. The summed E-state index contributed by atoms with van der Waals surface area (Å²) in [5, 5.41) is 0. The van der Waals surface area contributed by atoms with Gasteiger partial charge in [0.25, 0.3) is 0 Å². The quantitative estimate of drug-likeness (QED) is 0.907. The summed E-state index contributed by atoms with van der Waals surface area (Å²) in [5.74, 6) is 3.68. The highest BCUT2D eigenvalue weighted by atomic mass is 79.9. The third-order valence-electron chi connectivity index (χ3n) is 4.86. The SMILES string of the molecule is Cc1cc(Br)cc(CN)c1OCC1CC2CCC1C2. The van der Waals surface area contributed by atoms with Crippen LogP contribution in [0, 0.1) is 24.7 Å². The van der Waals surface area contributed by atoms with E-state index in [9.17, 15) is 0 Å². The molecule has 0 radical (unpaired) electrons. The molecule has 3 atom stereocenters. The highest BCUT2D eigenvalue weighted by Gasteiger charge is 2.39. The van der Waals surface area contributed by atoms with Crippen molar-refractivity contribution in [3.8, 4) is 5.75 Å². The number of fused-ring (bicyclic) bond motifs is 2. The fourth-order valence-electron chi connectivity index (χ4n) is 3.93. The van der Waals surface area contributed by atoms with Crippen molar-refractivity contribution < 1.29 is 4.74 Å². The fraction of sp³-hybridized carbons (Fsp3) is 0.625. The molecule has 2 aliphatic carbocycles. The van der Waals surface area contributed by atoms with Crippen LogP contribution in [-0.4, -0.2) is 6.61 Å². The summed E-state index contributed by atoms with van der Waals surface area (Å²) >= 11 is 3.52. The Morgan fingerprint density at radius 1 is 1.32 bits per heavy atom. The zero-order valence-corrected chi connectivity index (χ0v) is 13.1. The smallest absolute Gasteiger partial charge is 0.126 e. The number of benzene rings is 1. The lowest BCUT2D eigenvalue weighted by Crippen LogP contribution is -2.19. The fourth-order valence-corrected chi connectivity index (χ4v) is 4.55. The molecule has 2 fully saturated rings. The zero-order chi connectivity index (χ0) is 13.4. The average Bonchev–Trinajstić information content (AvgIpc) is 2.99. The second-order valence-electron chi connectivity index (χ2n) is 6.16. The van der Waals surface area contributed by atoms with E-state index >= 15 is 0 Å². The predicted octanol–water partition coefficient (Wildman–Crippen LogP) is 4.03. The van der Waals surface area contributed by atoms with Crippen LogP contribution in [-0.2, 0) is 6.54 Å². The minimum atomic E-state index is 0.534. The molecule has 0 amide bonds. The molecule has 0 heterocycles. The summed E-state index contributed by atoms with van der Waals surface area (Å²) < 4.78 is 7.23. The van der Waals surface area contributed by atoms with Crippen molar-refractivity contribution in [2.24, 2.45) is 23.5 Å². The van der Waals surface area contributed by atoms with Crippen LogP contribution in [0.4, 0.5) is 0 Å². The van der Waals surface area contributed by atoms with Gasteiger partial charge in [-0.25, -0.2) is 0 Å². The molecule has 2 nitrogen and oxygen atoms in total. The lowest BCUT2D eigenvalue weighted by atomic mass is 9.89. The number of hydrogen-bond acceptors (Lipinski definition) is 2. The summed E-state index contributed by atoms with van der Waals surface area (Å²) in [5.41, 5.74) is 8.12. The molecule has 2 saturated carbocycles. The lowest BCUT2D eigenvalue weighted by Gasteiger charge is -2.23. The van der Waals surface area contributed by atoms with Gasteiger partial charge in [0.05, 0.1) is 6.61 Å². The van der Waals surface area contributed by atoms with Crippen molar-refractivity contribution in [3.63, 3.8) is 0 Å². The van der Waals surface area contributed by atoms with Crippen molar-refractivity contribution in [2.75, 3.05) is 6.61 Å². The van der Waals surface area contributed by atoms with Gasteiger partial charge in [0.2, 0.25) is 0 Å². The summed E-state index contributed by atoms with van der Waals surface area (Å²) in [6, 6.07) is 4.18. The topological polar surface area (TPSA) is 35.2 Å². The highest BCUT2D eigenvalue weighted by molar-refractivity contribution is 9.10. The first-order valence-electron chi connectivity index (χ1n) is 7.29. The van der Waals surface area contributed by atoms with Crippen molar-refractivity contribution in [2.45, 2.75) is 39.2 Å². The van der Waals surface area contributed by atoms with Crippen LogP contribution in [0.15, 0.2) is 16.6 Å². The third kappa shape index (κ3) is 2.68. The van der Waals surface area contributed by atoms with E-state index in [0.717, 1.165) is 40.1 Å². The van der Waals surface area contributed by atoms with Crippen LogP contribution in [0.5, 0.6) is 5.75 Å². The van der Waals surface area contributed by atoms with E-state index in [1.807, 2.05) is 0 Å². The summed E-state index contributed by atoms with van der Waals surface area (Å²) in [6.07, 6.45) is 5.68. The zero-order valence-electron chi connectivity index (χ0n) is 11.5. The molecule has 0 spiro atoms. The second-order valence-corrected chi connectivity index (χ2v) is 7.08. The first-order chi connectivity index (χ1) is 9.17. The van der Waals surface area contributed by atoms with Crippen LogP contribution >= 0.6 is 15.9 Å². The molecule has 0 saturated heterocycles. The molecule has 2 N–H and O–H groups in total. The molecule has 0 aromatic heterocycles. The highest BCUT2D eigenvalue weighted by Crippen LogP contribution is 2.48. The van der Waals surface area contributed by atoms with Crippen LogP contribution in [0.3, 0.4) is 0 Å². The van der Waals surface area contributed by atoms with Crippen LogP contribution in [0.25, 0.3) is 0 Å². The monoisotopic (exact) mass is 323 g/mol. The van der Waals surface area contributed by atoms with Gasteiger partial charge < -0.3 is 10.5 Å². The molecule has 3 rings (SSSR count). The van der Waals surface area contributed by atoms with Gasteiger partial charge in [-0.2, -0.15) is 0 Å². The maximum atomic E-state index is 6.15. The van der Waals surface area contributed by atoms with Gasteiger partial charge in [0.1, 0.15) is 5.75 Å². The van der Waals surface area contributed by atoms with Gasteiger partial charge in [0.15, 0.2) is 0 Å². The van der Waals surface area contributed by atoms with E-state index in [-0.39, 0.29) is 0 Å². The van der Waals surface area contributed by atoms with E-state index in [1.54, 1.807) is 0 Å². The maximum Gasteiger partial charge on any atom is 0.126 e. The number of nitrogens with two attached hydrogens (primary N) is 1. The van der Waals surface area contributed by atoms with Crippen LogP contribution < -0.4 is 10.5 Å². The van der Waals surface area contributed by atoms with Gasteiger partial charge in [0, 0.05) is 16.6 Å². The summed E-state index contributed by atoms with van der Waals surface area (Å²) in [6.45, 7) is 3.50. The number of halogens is 1. The molecule has 3 unspecified atom stereocenters. The first kappa shape index (κ1) is 13.4. The molecule has 0 aliphatic heterocycles. The predicted molar refractivity (Wildman–Crippen MR) is 81.2 cm³/mol. The molecule has 3 heteroatoms. The van der Waals surface area contributed by atoms with E-state index in [1.165, 1.54) is 31.2 Å². The van der Waals surface area contributed by atoms with Crippen LogP contribution in [0.1, 0.15) is 36.8 Å². The second kappa shape index (κ2) is 5.45. The Morgan fingerprint density at radius 3 is 2.79 bits per heavy atom. The normalized spacial score (nSPS) is 28.9. The Morgan fingerprint density at radius 2 is 2.16 bits per heavy atom. The van der Waals surface area contributed by atoms with Crippen molar-refractivity contribution in [1.82, 2.24) is 0 Å². The Kier molecular flexibility index (Phi) is 3.86.